The maximum absolute atomic E-state index is 12.9. The van der Waals surface area contributed by atoms with Gasteiger partial charge in [0.2, 0.25) is 0 Å². The zero-order valence-electron chi connectivity index (χ0n) is 14.0. The summed E-state index contributed by atoms with van der Waals surface area (Å²) in [5.74, 6) is -0.176. The number of aromatic nitrogens is 3. The fraction of sp³-hybridized carbons (Fsp3) is 0.105. The van der Waals surface area contributed by atoms with Gasteiger partial charge in [0.15, 0.2) is 0 Å². The van der Waals surface area contributed by atoms with Crippen LogP contribution in [0.5, 0.6) is 5.75 Å². The lowest BCUT2D eigenvalue weighted by molar-refractivity contribution is 0.0468. The third-order valence-electron chi connectivity index (χ3n) is 3.80. The molecule has 8 heteroatoms. The summed E-state index contributed by atoms with van der Waals surface area (Å²) in [7, 11) is 0. The zero-order chi connectivity index (χ0) is 18.6. The van der Waals surface area contributed by atoms with E-state index >= 15 is 0 Å². The van der Waals surface area contributed by atoms with E-state index in [-0.39, 0.29) is 19.0 Å². The minimum atomic E-state index is -0.427. The molecule has 0 fully saturated rings. The second-order valence-electron chi connectivity index (χ2n) is 5.72. The molecule has 4 aromatic rings. The average molecular weight is 383 g/mol. The molecule has 0 saturated heterocycles. The van der Waals surface area contributed by atoms with Crippen LogP contribution >= 0.6 is 11.3 Å². The van der Waals surface area contributed by atoms with Crippen LogP contribution < -0.4 is 4.74 Å². The number of carbonyl (C=O) groups is 1. The van der Waals surface area contributed by atoms with Crippen molar-refractivity contribution < 1.29 is 18.7 Å². The van der Waals surface area contributed by atoms with Crippen LogP contribution in [0.3, 0.4) is 0 Å². The highest BCUT2D eigenvalue weighted by Gasteiger charge is 2.11. The van der Waals surface area contributed by atoms with Crippen LogP contribution in [0, 0.1) is 5.82 Å². The highest BCUT2D eigenvalue weighted by Crippen LogP contribution is 2.17. The first-order chi connectivity index (χ1) is 13.2. The van der Waals surface area contributed by atoms with Crippen LogP contribution in [0.2, 0.25) is 0 Å². The molecule has 0 radical (unpaired) electrons. The van der Waals surface area contributed by atoms with Crippen molar-refractivity contribution in [3.8, 4) is 5.75 Å². The maximum Gasteiger partial charge on any atom is 0.338 e. The average Bonchev–Trinajstić information content (AvgIpc) is 3.34. The molecule has 0 aliphatic heterocycles. The van der Waals surface area contributed by atoms with Crippen molar-refractivity contribution in [2.75, 3.05) is 0 Å². The summed E-state index contributed by atoms with van der Waals surface area (Å²) in [6, 6.07) is 11.0. The number of hydrogen-bond acceptors (Lipinski definition) is 6. The van der Waals surface area contributed by atoms with Crippen LogP contribution in [-0.4, -0.2) is 21.2 Å². The molecule has 0 spiro atoms. The van der Waals surface area contributed by atoms with Crippen molar-refractivity contribution in [2.45, 2.75) is 13.2 Å². The normalized spacial score (nSPS) is 10.9. The largest absolute Gasteiger partial charge is 0.486 e. The molecule has 0 aliphatic rings. The second kappa shape index (κ2) is 7.55. The lowest BCUT2D eigenvalue weighted by Crippen LogP contribution is -2.05. The molecule has 0 bridgehead atoms. The Kier molecular flexibility index (Phi) is 4.80. The summed E-state index contributed by atoms with van der Waals surface area (Å²) in [5, 5.41) is 10.2. The minimum Gasteiger partial charge on any atom is -0.486 e. The number of halogens is 1. The number of fused-ring (bicyclic) bond motifs is 1. The third-order valence-corrected chi connectivity index (χ3v) is 4.68. The summed E-state index contributed by atoms with van der Waals surface area (Å²) >= 11 is 1.41. The van der Waals surface area contributed by atoms with E-state index in [0.717, 1.165) is 15.9 Å². The van der Waals surface area contributed by atoms with E-state index in [1.54, 1.807) is 30.5 Å². The van der Waals surface area contributed by atoms with Crippen LogP contribution in [-0.2, 0) is 18.0 Å². The van der Waals surface area contributed by atoms with Gasteiger partial charge in [-0.1, -0.05) is 6.07 Å². The fourth-order valence-corrected chi connectivity index (χ4v) is 3.13. The third kappa shape index (κ3) is 4.12. The first-order valence-electron chi connectivity index (χ1n) is 8.09. The first-order valence-corrected chi connectivity index (χ1v) is 8.97. The number of nitrogens with zero attached hydrogens (tertiary/aromatic N) is 2. The lowest BCUT2D eigenvalue weighted by Gasteiger charge is -2.04. The Morgan fingerprint density at radius 2 is 2.00 bits per heavy atom. The van der Waals surface area contributed by atoms with Crippen molar-refractivity contribution in [1.82, 2.24) is 15.2 Å². The zero-order valence-corrected chi connectivity index (χ0v) is 14.8. The van der Waals surface area contributed by atoms with Gasteiger partial charge in [-0.15, -0.1) is 11.3 Å². The van der Waals surface area contributed by atoms with Gasteiger partial charge in [-0.3, -0.25) is 5.10 Å². The highest BCUT2D eigenvalue weighted by molar-refractivity contribution is 7.09. The predicted octanol–water partition coefficient (Wildman–Crippen LogP) is 4.09. The van der Waals surface area contributed by atoms with Gasteiger partial charge in [-0.2, -0.15) is 5.10 Å². The van der Waals surface area contributed by atoms with Gasteiger partial charge in [0.25, 0.3) is 0 Å². The molecule has 0 amide bonds. The van der Waals surface area contributed by atoms with E-state index in [9.17, 15) is 9.18 Å². The molecule has 27 heavy (non-hydrogen) atoms. The Balaban J connectivity index is 1.32. The second-order valence-corrected chi connectivity index (χ2v) is 6.67. The Morgan fingerprint density at radius 3 is 2.85 bits per heavy atom. The molecule has 0 atom stereocenters. The van der Waals surface area contributed by atoms with E-state index in [0.29, 0.717) is 17.0 Å². The number of ether oxygens (including phenoxy) is 2. The molecular weight excluding hydrogens is 369 g/mol. The van der Waals surface area contributed by atoms with E-state index in [4.69, 9.17) is 9.47 Å². The summed E-state index contributed by atoms with van der Waals surface area (Å²) < 4.78 is 23.7. The van der Waals surface area contributed by atoms with Gasteiger partial charge in [0.05, 0.1) is 23.0 Å². The van der Waals surface area contributed by atoms with Crippen LogP contribution in [0.4, 0.5) is 4.39 Å². The van der Waals surface area contributed by atoms with Gasteiger partial charge in [0, 0.05) is 10.8 Å². The molecular formula is C19H14FN3O3S. The predicted molar refractivity (Wildman–Crippen MR) is 98.1 cm³/mol. The SMILES string of the molecule is O=C(OCc1csc(COc2ccc(F)cc2)n1)c1ccc2cn[nH]c2c1. The molecule has 2 aromatic carbocycles. The van der Waals surface area contributed by atoms with Crippen LogP contribution in [0.1, 0.15) is 21.1 Å². The Labute approximate surface area is 157 Å². The van der Waals surface area contributed by atoms with Crippen LogP contribution in [0.15, 0.2) is 54.0 Å². The molecule has 136 valence electrons. The summed E-state index contributed by atoms with van der Waals surface area (Å²) in [6.45, 7) is 0.341. The van der Waals surface area contributed by atoms with E-state index in [1.807, 2.05) is 11.4 Å². The number of aromatic amines is 1. The molecule has 2 heterocycles. The molecule has 4 rings (SSSR count). The molecule has 0 unspecified atom stereocenters. The van der Waals surface area contributed by atoms with Gasteiger partial charge in [-0.25, -0.2) is 14.2 Å². The standard InChI is InChI=1S/C19H14FN3O3S/c20-14-3-5-16(6-4-14)25-10-18-22-15(11-27-18)9-26-19(24)12-1-2-13-8-21-23-17(13)7-12/h1-8,11H,9-10H2,(H,21,23). The number of thiazole rings is 1. The van der Waals surface area contributed by atoms with Crippen molar-refractivity contribution in [3.05, 3.63) is 76.1 Å². The summed E-state index contributed by atoms with van der Waals surface area (Å²) in [5.41, 5.74) is 1.87. The Morgan fingerprint density at radius 1 is 1.15 bits per heavy atom. The number of benzene rings is 2. The van der Waals surface area contributed by atoms with E-state index in [2.05, 4.69) is 15.2 Å². The summed E-state index contributed by atoms with van der Waals surface area (Å²) in [4.78, 5) is 16.6. The molecule has 2 aromatic heterocycles. The maximum atomic E-state index is 12.9. The quantitative estimate of drug-likeness (QED) is 0.508. The number of H-pyrrole nitrogens is 1. The summed E-state index contributed by atoms with van der Waals surface area (Å²) in [6.07, 6.45) is 1.69. The molecule has 0 aliphatic carbocycles. The van der Waals surface area contributed by atoms with Gasteiger partial charge in [0.1, 0.15) is 29.8 Å². The van der Waals surface area contributed by atoms with Gasteiger partial charge >= 0.3 is 5.97 Å². The van der Waals surface area contributed by atoms with Gasteiger partial charge in [-0.05, 0) is 36.4 Å². The van der Waals surface area contributed by atoms with Crippen molar-refractivity contribution in [3.63, 3.8) is 0 Å². The van der Waals surface area contributed by atoms with Gasteiger partial charge < -0.3 is 9.47 Å². The van der Waals surface area contributed by atoms with Crippen molar-refractivity contribution >= 4 is 28.2 Å². The molecule has 6 nitrogen and oxygen atoms in total. The van der Waals surface area contributed by atoms with Crippen LogP contribution in [0.25, 0.3) is 10.9 Å². The molecule has 0 saturated carbocycles. The number of hydrogen-bond donors (Lipinski definition) is 1. The lowest BCUT2D eigenvalue weighted by atomic mass is 10.2. The topological polar surface area (TPSA) is 77.1 Å². The number of nitrogens with one attached hydrogen (secondary N) is 1. The number of esters is 1. The Hall–Kier alpha value is -3.26. The monoisotopic (exact) mass is 383 g/mol. The number of carbonyl (C=O) groups excluding carboxylic acids is 1. The van der Waals surface area contributed by atoms with Crippen molar-refractivity contribution in [1.29, 1.82) is 0 Å². The van der Waals surface area contributed by atoms with E-state index < -0.39 is 5.97 Å². The highest BCUT2D eigenvalue weighted by atomic mass is 32.1. The number of rotatable bonds is 6. The molecule has 1 N–H and O–H groups in total. The van der Waals surface area contributed by atoms with E-state index in [1.165, 1.54) is 23.5 Å². The smallest absolute Gasteiger partial charge is 0.338 e. The minimum absolute atomic E-state index is 0.0763. The van der Waals surface area contributed by atoms with Crippen molar-refractivity contribution in [2.24, 2.45) is 0 Å². The Bertz CT molecular complexity index is 1080. The first kappa shape index (κ1) is 17.2. The fourth-order valence-electron chi connectivity index (χ4n) is 2.44.